The molecular weight excluding hydrogens is 467 g/mol. The third-order valence-corrected chi connectivity index (χ3v) is 5.86. The van der Waals surface area contributed by atoms with Gasteiger partial charge in [-0.3, -0.25) is 14.5 Å². The average Bonchev–Trinajstić information content (AvgIpc) is 3.50. The molecule has 2 aromatic carbocycles. The largest absolute Gasteiger partial charge is 0.442 e. The molecule has 36 heavy (non-hydrogen) atoms. The molecule has 188 valence electrons. The molecule has 1 unspecified atom stereocenters. The first-order valence-corrected chi connectivity index (χ1v) is 11.4. The van der Waals surface area contributed by atoms with E-state index in [0.29, 0.717) is 29.8 Å². The fraction of sp³-hybridized carbons (Fsp3) is 0.280. The number of amides is 3. The average molecular weight is 495 g/mol. The number of rotatable bonds is 10. The maximum absolute atomic E-state index is 15.0. The molecular formula is C25H27FN6O4. The van der Waals surface area contributed by atoms with Crippen LogP contribution in [0.4, 0.5) is 14.9 Å². The first kappa shape index (κ1) is 24.9. The molecule has 0 bridgehead atoms. The molecule has 2 atom stereocenters. The Hall–Kier alpha value is -4.25. The Morgan fingerprint density at radius 1 is 1.28 bits per heavy atom. The zero-order valence-corrected chi connectivity index (χ0v) is 19.7. The van der Waals surface area contributed by atoms with Gasteiger partial charge in [-0.1, -0.05) is 24.3 Å². The highest BCUT2D eigenvalue weighted by molar-refractivity contribution is 5.90. The molecule has 1 saturated heterocycles. The van der Waals surface area contributed by atoms with E-state index in [1.165, 1.54) is 17.9 Å². The van der Waals surface area contributed by atoms with Gasteiger partial charge in [0.2, 0.25) is 11.8 Å². The number of H-pyrrole nitrogens is 1. The topological polar surface area (TPSA) is 142 Å². The second-order valence-corrected chi connectivity index (χ2v) is 8.53. The van der Waals surface area contributed by atoms with E-state index in [4.69, 9.17) is 10.5 Å². The minimum atomic E-state index is -0.587. The molecule has 0 saturated carbocycles. The van der Waals surface area contributed by atoms with Crippen molar-refractivity contribution in [3.05, 3.63) is 72.1 Å². The first-order chi connectivity index (χ1) is 17.3. The van der Waals surface area contributed by atoms with Gasteiger partial charge < -0.3 is 26.1 Å². The van der Waals surface area contributed by atoms with E-state index in [1.54, 1.807) is 36.8 Å². The third-order valence-electron chi connectivity index (χ3n) is 5.86. The number of nitrogens with zero attached hydrogens (tertiary/aromatic N) is 2. The quantitative estimate of drug-likeness (QED) is 0.339. The number of aromatic amines is 1. The highest BCUT2D eigenvalue weighted by Crippen LogP contribution is 2.29. The van der Waals surface area contributed by atoms with Gasteiger partial charge in [-0.2, -0.15) is 0 Å². The fourth-order valence-corrected chi connectivity index (χ4v) is 3.94. The summed E-state index contributed by atoms with van der Waals surface area (Å²) < 4.78 is 20.2. The molecule has 2 heterocycles. The van der Waals surface area contributed by atoms with Crippen LogP contribution >= 0.6 is 0 Å². The van der Waals surface area contributed by atoms with Crippen LogP contribution in [0.1, 0.15) is 18.2 Å². The number of hydrogen-bond donors (Lipinski definition) is 4. The molecule has 1 aromatic heterocycles. The minimum absolute atomic E-state index is 0.197. The smallest absolute Gasteiger partial charge is 0.414 e. The number of benzene rings is 2. The first-order valence-electron chi connectivity index (χ1n) is 11.4. The second kappa shape index (κ2) is 11.0. The number of nitrogens with one attached hydrogen (secondary N) is 3. The Kier molecular flexibility index (Phi) is 7.59. The predicted molar refractivity (Wildman–Crippen MR) is 130 cm³/mol. The van der Waals surface area contributed by atoms with Crippen LogP contribution in [-0.2, 0) is 27.3 Å². The van der Waals surface area contributed by atoms with Crippen LogP contribution in [0.2, 0.25) is 0 Å². The van der Waals surface area contributed by atoms with Gasteiger partial charge >= 0.3 is 6.09 Å². The lowest BCUT2D eigenvalue weighted by Crippen LogP contribution is -2.42. The standard InChI is InChI=1S/C25H27FN6O4/c1-15(33)29-12-20-13-32(25(35)36-20)19-6-7-21(22(26)9-19)17-4-2-16(3-5-17)10-30-23(24(27)34)8-18-11-28-14-31-18/h2-7,9,11,14,20,23,30H,8,10,12-13H2,1H3,(H2,27,34)(H,28,31)(H,29,33)/t20-,23?/m0/s1. The molecule has 0 aliphatic carbocycles. The molecule has 0 radical (unpaired) electrons. The van der Waals surface area contributed by atoms with Gasteiger partial charge in [0.25, 0.3) is 0 Å². The SMILES string of the molecule is CC(=O)NC[C@H]1CN(c2ccc(-c3ccc(CNC(Cc4cnc[nH]4)C(N)=O)cc3)c(F)c2)C(=O)O1. The van der Waals surface area contributed by atoms with Crippen molar-refractivity contribution >= 4 is 23.6 Å². The number of primary amides is 1. The van der Waals surface area contributed by atoms with E-state index in [9.17, 15) is 18.8 Å². The van der Waals surface area contributed by atoms with Crippen molar-refractivity contribution in [2.75, 3.05) is 18.0 Å². The summed E-state index contributed by atoms with van der Waals surface area (Å²) in [6.07, 6.45) is 2.49. The van der Waals surface area contributed by atoms with Crippen LogP contribution in [0.25, 0.3) is 11.1 Å². The number of aromatic nitrogens is 2. The van der Waals surface area contributed by atoms with Gasteiger partial charge in [-0.15, -0.1) is 0 Å². The molecule has 3 aromatic rings. The summed E-state index contributed by atoms with van der Waals surface area (Å²) in [5.74, 6) is -1.17. The van der Waals surface area contributed by atoms with Crippen LogP contribution < -0.4 is 21.3 Å². The van der Waals surface area contributed by atoms with Crippen LogP contribution in [0.5, 0.6) is 0 Å². The van der Waals surface area contributed by atoms with Crippen LogP contribution in [0, 0.1) is 5.82 Å². The van der Waals surface area contributed by atoms with E-state index in [2.05, 4.69) is 20.6 Å². The van der Waals surface area contributed by atoms with Crippen molar-refractivity contribution in [1.82, 2.24) is 20.6 Å². The van der Waals surface area contributed by atoms with Crippen LogP contribution in [-0.4, -0.2) is 53.1 Å². The van der Waals surface area contributed by atoms with Gasteiger partial charge in [-0.05, 0) is 29.3 Å². The lowest BCUT2D eigenvalue weighted by molar-refractivity contribution is -0.120. The van der Waals surface area contributed by atoms with Crippen molar-refractivity contribution < 1.29 is 23.5 Å². The van der Waals surface area contributed by atoms with Gasteiger partial charge in [-0.25, -0.2) is 14.2 Å². The van der Waals surface area contributed by atoms with Crippen molar-refractivity contribution in [3.63, 3.8) is 0 Å². The number of nitrogens with two attached hydrogens (primary N) is 1. The van der Waals surface area contributed by atoms with E-state index >= 15 is 0 Å². The molecule has 4 rings (SSSR count). The number of hydrogen-bond acceptors (Lipinski definition) is 6. The number of carbonyl (C=O) groups is 3. The third kappa shape index (κ3) is 6.05. The summed E-state index contributed by atoms with van der Waals surface area (Å²) in [4.78, 5) is 43.3. The highest BCUT2D eigenvalue weighted by Gasteiger charge is 2.32. The highest BCUT2D eigenvalue weighted by atomic mass is 19.1. The van der Waals surface area contributed by atoms with Crippen molar-refractivity contribution in [2.45, 2.75) is 32.0 Å². The lowest BCUT2D eigenvalue weighted by atomic mass is 10.0. The maximum Gasteiger partial charge on any atom is 0.414 e. The van der Waals surface area contributed by atoms with Gasteiger partial charge in [0, 0.05) is 37.3 Å². The zero-order valence-electron chi connectivity index (χ0n) is 19.7. The predicted octanol–water partition coefficient (Wildman–Crippen LogP) is 1.86. The van der Waals surface area contributed by atoms with Crippen LogP contribution in [0.15, 0.2) is 55.0 Å². The van der Waals surface area contributed by atoms with Crippen molar-refractivity contribution in [1.29, 1.82) is 0 Å². The number of anilines is 1. The van der Waals surface area contributed by atoms with Gasteiger partial charge in [0.15, 0.2) is 0 Å². The van der Waals surface area contributed by atoms with E-state index in [1.807, 2.05) is 12.1 Å². The number of carbonyl (C=O) groups excluding carboxylic acids is 3. The zero-order chi connectivity index (χ0) is 25.7. The summed E-state index contributed by atoms with van der Waals surface area (Å²) in [5, 5.41) is 5.75. The van der Waals surface area contributed by atoms with Crippen LogP contribution in [0.3, 0.4) is 0 Å². The van der Waals surface area contributed by atoms with Gasteiger partial charge in [0.1, 0.15) is 11.9 Å². The van der Waals surface area contributed by atoms with Crippen molar-refractivity contribution in [3.8, 4) is 11.1 Å². The summed E-state index contributed by atoms with van der Waals surface area (Å²) in [6.45, 7) is 2.20. The normalized spacial score (nSPS) is 16.0. The fourth-order valence-electron chi connectivity index (χ4n) is 3.94. The summed E-state index contributed by atoms with van der Waals surface area (Å²) in [6, 6.07) is 11.3. The Bertz CT molecular complexity index is 1230. The minimum Gasteiger partial charge on any atom is -0.442 e. The Labute approximate surface area is 207 Å². The van der Waals surface area contributed by atoms with E-state index in [0.717, 1.165) is 11.3 Å². The number of imidazole rings is 1. The Morgan fingerprint density at radius 2 is 2.06 bits per heavy atom. The molecule has 1 aliphatic rings. The monoisotopic (exact) mass is 494 g/mol. The Balaban J connectivity index is 1.38. The van der Waals surface area contributed by atoms with Crippen molar-refractivity contribution in [2.24, 2.45) is 5.73 Å². The second-order valence-electron chi connectivity index (χ2n) is 8.53. The molecule has 1 aliphatic heterocycles. The number of halogens is 1. The number of cyclic esters (lactones) is 1. The molecule has 10 nitrogen and oxygen atoms in total. The molecule has 3 amide bonds. The Morgan fingerprint density at radius 3 is 2.69 bits per heavy atom. The molecule has 11 heteroatoms. The molecule has 5 N–H and O–H groups in total. The maximum atomic E-state index is 15.0. The molecule has 0 spiro atoms. The summed E-state index contributed by atoms with van der Waals surface area (Å²) in [7, 11) is 0. The number of ether oxygens (including phenoxy) is 1. The van der Waals surface area contributed by atoms with E-state index < -0.39 is 30.0 Å². The summed E-state index contributed by atoms with van der Waals surface area (Å²) >= 11 is 0. The van der Waals surface area contributed by atoms with Gasteiger partial charge in [0.05, 0.1) is 31.1 Å². The lowest BCUT2D eigenvalue weighted by Gasteiger charge is -2.16. The van der Waals surface area contributed by atoms with E-state index in [-0.39, 0.29) is 19.0 Å². The molecule has 1 fully saturated rings. The summed E-state index contributed by atoms with van der Waals surface area (Å²) in [5.41, 5.74) is 8.63.